The Balaban J connectivity index is 2.15. The number of hydrogen-bond donors (Lipinski definition) is 2. The van der Waals surface area contributed by atoms with Crippen LogP contribution in [0.4, 0.5) is 20.2 Å². The van der Waals surface area contributed by atoms with Gasteiger partial charge in [0.25, 0.3) is 5.91 Å². The first kappa shape index (κ1) is 16.6. The molecule has 0 atom stereocenters. The van der Waals surface area contributed by atoms with Gasteiger partial charge >= 0.3 is 0 Å². The molecule has 4 nitrogen and oxygen atoms in total. The Labute approximate surface area is 132 Å². The molecule has 2 aromatic rings. The molecule has 2 amide bonds. The highest BCUT2D eigenvalue weighted by atomic mass is 19.1. The van der Waals surface area contributed by atoms with E-state index in [0.717, 1.165) is 12.1 Å². The monoisotopic (exact) mass is 318 g/mol. The highest BCUT2D eigenvalue weighted by molar-refractivity contribution is 6.05. The Morgan fingerprint density at radius 1 is 1.00 bits per heavy atom. The summed E-state index contributed by atoms with van der Waals surface area (Å²) >= 11 is 0. The van der Waals surface area contributed by atoms with Gasteiger partial charge in [-0.25, -0.2) is 8.78 Å². The Bertz CT molecular complexity index is 745. The van der Waals surface area contributed by atoms with Gasteiger partial charge in [-0.2, -0.15) is 0 Å². The Morgan fingerprint density at radius 2 is 1.74 bits per heavy atom. The van der Waals surface area contributed by atoms with E-state index in [-0.39, 0.29) is 23.1 Å². The number of rotatable bonds is 4. The van der Waals surface area contributed by atoms with Crippen molar-refractivity contribution in [1.29, 1.82) is 0 Å². The molecule has 0 aliphatic heterocycles. The third-order valence-corrected chi connectivity index (χ3v) is 3.10. The molecule has 2 N–H and O–H groups in total. The molecule has 0 radical (unpaired) electrons. The van der Waals surface area contributed by atoms with Gasteiger partial charge in [-0.1, -0.05) is 19.9 Å². The molecule has 0 spiro atoms. The van der Waals surface area contributed by atoms with Crippen LogP contribution >= 0.6 is 0 Å². The normalized spacial score (nSPS) is 10.5. The van der Waals surface area contributed by atoms with Crippen LogP contribution in [0, 0.1) is 17.6 Å². The number of hydrogen-bond acceptors (Lipinski definition) is 2. The molecular formula is C17H16F2N2O2. The molecule has 0 aromatic heterocycles. The van der Waals surface area contributed by atoms with E-state index >= 15 is 0 Å². The van der Waals surface area contributed by atoms with Crippen LogP contribution in [0.1, 0.15) is 24.2 Å². The Hall–Kier alpha value is -2.76. The maximum absolute atomic E-state index is 13.6. The van der Waals surface area contributed by atoms with Crippen molar-refractivity contribution in [3.63, 3.8) is 0 Å². The van der Waals surface area contributed by atoms with Gasteiger partial charge in [-0.15, -0.1) is 0 Å². The van der Waals surface area contributed by atoms with E-state index in [2.05, 4.69) is 10.6 Å². The second-order valence-electron chi connectivity index (χ2n) is 5.30. The maximum Gasteiger partial charge on any atom is 0.255 e. The topological polar surface area (TPSA) is 58.2 Å². The molecule has 0 fully saturated rings. The summed E-state index contributed by atoms with van der Waals surface area (Å²) in [6.07, 6.45) is 0. The van der Waals surface area contributed by atoms with Crippen molar-refractivity contribution in [2.24, 2.45) is 5.92 Å². The van der Waals surface area contributed by atoms with Gasteiger partial charge < -0.3 is 10.6 Å². The minimum Gasteiger partial charge on any atom is -0.326 e. The van der Waals surface area contributed by atoms with E-state index in [9.17, 15) is 18.4 Å². The van der Waals surface area contributed by atoms with E-state index < -0.39 is 17.5 Å². The zero-order chi connectivity index (χ0) is 17.0. The number of benzene rings is 2. The van der Waals surface area contributed by atoms with Gasteiger partial charge in [-0.3, -0.25) is 9.59 Å². The fourth-order valence-corrected chi connectivity index (χ4v) is 1.81. The van der Waals surface area contributed by atoms with Crippen molar-refractivity contribution >= 4 is 23.2 Å². The molecule has 0 bridgehead atoms. The average Bonchev–Trinajstić information content (AvgIpc) is 2.50. The van der Waals surface area contributed by atoms with Crippen LogP contribution in [0.25, 0.3) is 0 Å². The molecule has 2 rings (SSSR count). The molecule has 0 aliphatic carbocycles. The largest absolute Gasteiger partial charge is 0.326 e. The van der Waals surface area contributed by atoms with Crippen molar-refractivity contribution < 1.29 is 18.4 Å². The molecule has 0 heterocycles. The first-order chi connectivity index (χ1) is 10.9. The first-order valence-electron chi connectivity index (χ1n) is 7.04. The van der Waals surface area contributed by atoms with Gasteiger partial charge in [0.1, 0.15) is 11.6 Å². The van der Waals surface area contributed by atoms with Crippen molar-refractivity contribution in [1.82, 2.24) is 0 Å². The van der Waals surface area contributed by atoms with Crippen molar-refractivity contribution in [2.45, 2.75) is 13.8 Å². The molecule has 0 unspecified atom stereocenters. The van der Waals surface area contributed by atoms with Crippen LogP contribution in [0.5, 0.6) is 0 Å². The molecule has 0 saturated heterocycles. The Kier molecular flexibility index (Phi) is 5.05. The van der Waals surface area contributed by atoms with Crippen LogP contribution in [-0.2, 0) is 4.79 Å². The average molecular weight is 318 g/mol. The van der Waals surface area contributed by atoms with E-state index in [0.29, 0.717) is 11.8 Å². The lowest BCUT2D eigenvalue weighted by Gasteiger charge is -2.10. The lowest BCUT2D eigenvalue weighted by Crippen LogP contribution is -2.18. The fraction of sp³-hybridized carbons (Fsp3) is 0.176. The van der Waals surface area contributed by atoms with Gasteiger partial charge in [-0.05, 0) is 30.3 Å². The lowest BCUT2D eigenvalue weighted by molar-refractivity contribution is -0.118. The summed E-state index contributed by atoms with van der Waals surface area (Å²) in [6.45, 7) is 3.51. The molecular weight excluding hydrogens is 302 g/mol. The second-order valence-corrected chi connectivity index (χ2v) is 5.30. The number of amides is 2. The predicted octanol–water partition coefficient (Wildman–Crippen LogP) is 3.81. The molecule has 23 heavy (non-hydrogen) atoms. The molecule has 0 aliphatic rings. The third-order valence-electron chi connectivity index (χ3n) is 3.10. The van der Waals surface area contributed by atoms with E-state index in [1.807, 2.05) is 0 Å². The molecule has 6 heteroatoms. The Morgan fingerprint density at radius 3 is 2.39 bits per heavy atom. The van der Waals surface area contributed by atoms with E-state index in [1.54, 1.807) is 26.0 Å². The number of halogens is 2. The summed E-state index contributed by atoms with van der Waals surface area (Å²) in [5.41, 5.74) is 0.597. The van der Waals surface area contributed by atoms with Crippen LogP contribution in [0.3, 0.4) is 0 Å². The van der Waals surface area contributed by atoms with Crippen molar-refractivity contribution in [2.75, 3.05) is 10.6 Å². The summed E-state index contributed by atoms with van der Waals surface area (Å²) in [5.74, 6) is -2.51. The standard InChI is InChI=1S/C17H16F2N2O2/c1-10(2)16(22)20-13-5-3-4-11(8-13)17(23)21-15-7-6-12(18)9-14(15)19/h3-10H,1-2H3,(H,20,22)(H,21,23). The summed E-state index contributed by atoms with van der Waals surface area (Å²) < 4.78 is 26.4. The smallest absolute Gasteiger partial charge is 0.255 e. The van der Waals surface area contributed by atoms with E-state index in [1.165, 1.54) is 12.1 Å². The first-order valence-corrected chi connectivity index (χ1v) is 7.04. The van der Waals surface area contributed by atoms with Crippen molar-refractivity contribution in [3.05, 3.63) is 59.7 Å². The van der Waals surface area contributed by atoms with Gasteiger partial charge in [0.2, 0.25) is 5.91 Å². The summed E-state index contributed by atoms with van der Waals surface area (Å²) in [7, 11) is 0. The number of anilines is 2. The molecule has 0 saturated carbocycles. The second kappa shape index (κ2) is 7.00. The third kappa shape index (κ3) is 4.35. The number of carbonyl (C=O) groups is 2. The molecule has 120 valence electrons. The summed E-state index contributed by atoms with van der Waals surface area (Å²) in [5, 5.41) is 5.04. The van der Waals surface area contributed by atoms with Gasteiger partial charge in [0.05, 0.1) is 5.69 Å². The number of carbonyl (C=O) groups excluding carboxylic acids is 2. The van der Waals surface area contributed by atoms with Crippen LogP contribution in [0.15, 0.2) is 42.5 Å². The minimum absolute atomic E-state index is 0.118. The zero-order valence-corrected chi connectivity index (χ0v) is 12.7. The van der Waals surface area contributed by atoms with Gasteiger partial charge in [0, 0.05) is 23.2 Å². The van der Waals surface area contributed by atoms with Crippen LogP contribution < -0.4 is 10.6 Å². The van der Waals surface area contributed by atoms with Crippen molar-refractivity contribution in [3.8, 4) is 0 Å². The predicted molar refractivity (Wildman–Crippen MR) is 84.2 cm³/mol. The molecule has 2 aromatic carbocycles. The summed E-state index contributed by atoms with van der Waals surface area (Å²) in [6, 6.07) is 9.15. The van der Waals surface area contributed by atoms with Gasteiger partial charge in [0.15, 0.2) is 0 Å². The number of nitrogens with one attached hydrogen (secondary N) is 2. The quantitative estimate of drug-likeness (QED) is 0.900. The highest BCUT2D eigenvalue weighted by Crippen LogP contribution is 2.17. The fourth-order valence-electron chi connectivity index (χ4n) is 1.81. The summed E-state index contributed by atoms with van der Waals surface area (Å²) in [4.78, 5) is 23.8. The SMILES string of the molecule is CC(C)C(=O)Nc1cccc(C(=O)Nc2ccc(F)cc2F)c1. The van der Waals surface area contributed by atoms with Crippen LogP contribution in [0.2, 0.25) is 0 Å². The lowest BCUT2D eigenvalue weighted by atomic mass is 10.1. The zero-order valence-electron chi connectivity index (χ0n) is 12.7. The van der Waals surface area contributed by atoms with Crippen LogP contribution in [-0.4, -0.2) is 11.8 Å². The minimum atomic E-state index is -0.859. The maximum atomic E-state index is 13.6. The highest BCUT2D eigenvalue weighted by Gasteiger charge is 2.12. The van der Waals surface area contributed by atoms with E-state index in [4.69, 9.17) is 0 Å².